The van der Waals surface area contributed by atoms with Crippen molar-refractivity contribution in [3.8, 4) is 0 Å². The molecule has 3 nitrogen and oxygen atoms in total. The maximum absolute atomic E-state index is 10.4. The number of hydrogen-bond acceptors (Lipinski definition) is 3. The van der Waals surface area contributed by atoms with E-state index < -0.39 is 0 Å². The van der Waals surface area contributed by atoms with Crippen LogP contribution in [0.2, 0.25) is 0 Å². The average Bonchev–Trinajstić information content (AvgIpc) is 1.82. The molecule has 0 amide bonds. The third-order valence-electron chi connectivity index (χ3n) is 1.12. The molecule has 1 atom stereocenters. The summed E-state index contributed by atoms with van der Waals surface area (Å²) < 4.78 is 0. The van der Waals surface area contributed by atoms with Gasteiger partial charge >= 0.3 is 0 Å². The molecule has 9 heavy (non-hydrogen) atoms. The van der Waals surface area contributed by atoms with Gasteiger partial charge in [-0.2, -0.15) is 0 Å². The lowest BCUT2D eigenvalue weighted by molar-refractivity contribution is -0.278. The summed E-state index contributed by atoms with van der Waals surface area (Å²) in [5.41, 5.74) is 0. The summed E-state index contributed by atoms with van der Waals surface area (Å²) >= 11 is 0. The molecule has 1 unspecified atom stereocenters. The molecule has 0 saturated heterocycles. The van der Waals surface area contributed by atoms with Gasteiger partial charge in [0.1, 0.15) is 5.78 Å². The minimum Gasteiger partial charge on any atom is -0.300 e. The van der Waals surface area contributed by atoms with Crippen molar-refractivity contribution >= 4 is 5.78 Å². The maximum atomic E-state index is 10.4. The molecule has 0 aliphatic carbocycles. The Morgan fingerprint density at radius 3 is 2.44 bits per heavy atom. The van der Waals surface area contributed by atoms with Gasteiger partial charge in [-0.05, 0) is 13.3 Å². The molecule has 1 N–H and O–H groups in total. The van der Waals surface area contributed by atoms with E-state index >= 15 is 0 Å². The number of carbonyl (C=O) groups is 1. The summed E-state index contributed by atoms with van der Waals surface area (Å²) in [5, 5.41) is 8.12. The Hall–Kier alpha value is -0.410. The number of hydrogen-bond donors (Lipinski definition) is 1. The zero-order valence-corrected chi connectivity index (χ0v) is 5.76. The van der Waals surface area contributed by atoms with Crippen LogP contribution in [0.5, 0.6) is 0 Å². The molecule has 0 bridgehead atoms. The van der Waals surface area contributed by atoms with Crippen LogP contribution in [0.4, 0.5) is 0 Å². The van der Waals surface area contributed by atoms with Crippen LogP contribution in [-0.4, -0.2) is 17.1 Å². The molecule has 0 aliphatic heterocycles. The van der Waals surface area contributed by atoms with E-state index in [4.69, 9.17) is 5.26 Å². The third-order valence-corrected chi connectivity index (χ3v) is 1.12. The quantitative estimate of drug-likeness (QED) is 0.462. The van der Waals surface area contributed by atoms with Crippen LogP contribution in [-0.2, 0) is 9.68 Å². The van der Waals surface area contributed by atoms with Gasteiger partial charge in [0.2, 0.25) is 0 Å². The second-order valence-corrected chi connectivity index (χ2v) is 2.04. The molecule has 0 saturated carbocycles. The summed E-state index contributed by atoms with van der Waals surface area (Å²) in [7, 11) is 0. The van der Waals surface area contributed by atoms with E-state index in [1.54, 1.807) is 0 Å². The maximum Gasteiger partial charge on any atom is 0.132 e. The second kappa shape index (κ2) is 4.47. The van der Waals surface area contributed by atoms with Crippen LogP contribution in [0.25, 0.3) is 0 Å². The number of carbonyl (C=O) groups excluding carboxylic acids is 1. The minimum absolute atomic E-state index is 0.0379. The fourth-order valence-electron chi connectivity index (χ4n) is 0.577. The first kappa shape index (κ1) is 8.59. The monoisotopic (exact) mass is 132 g/mol. The van der Waals surface area contributed by atoms with Gasteiger partial charge in [-0.25, -0.2) is 4.89 Å². The topological polar surface area (TPSA) is 46.5 Å². The van der Waals surface area contributed by atoms with Crippen molar-refractivity contribution in [2.45, 2.75) is 32.8 Å². The highest BCUT2D eigenvalue weighted by Gasteiger charge is 2.07. The second-order valence-electron chi connectivity index (χ2n) is 2.04. The van der Waals surface area contributed by atoms with E-state index in [9.17, 15) is 4.79 Å². The predicted octanol–water partition coefficient (Wildman–Crippen LogP) is 1.23. The largest absolute Gasteiger partial charge is 0.300 e. The highest BCUT2D eigenvalue weighted by molar-refractivity contribution is 5.75. The SMILES string of the molecule is CCC(CC(C)=O)OO. The lowest BCUT2D eigenvalue weighted by Crippen LogP contribution is -2.12. The zero-order chi connectivity index (χ0) is 7.28. The molecule has 0 aliphatic rings. The first-order chi connectivity index (χ1) is 4.20. The molecule has 0 aromatic carbocycles. The Bertz CT molecular complexity index is 86.3. The molecule has 0 aromatic rings. The zero-order valence-electron chi connectivity index (χ0n) is 5.76. The van der Waals surface area contributed by atoms with Crippen molar-refractivity contribution in [3.63, 3.8) is 0 Å². The van der Waals surface area contributed by atoms with Gasteiger partial charge in [0.15, 0.2) is 0 Å². The summed E-state index contributed by atoms with van der Waals surface area (Å²) in [6.45, 7) is 3.32. The average molecular weight is 132 g/mol. The fraction of sp³-hybridized carbons (Fsp3) is 0.833. The molecule has 0 spiro atoms. The molecule has 54 valence electrons. The first-order valence-corrected chi connectivity index (χ1v) is 3.00. The Balaban J connectivity index is 3.43. The van der Waals surface area contributed by atoms with Crippen molar-refractivity contribution in [1.82, 2.24) is 0 Å². The summed E-state index contributed by atoms with van der Waals surface area (Å²) in [6.07, 6.45) is 0.644. The van der Waals surface area contributed by atoms with Gasteiger partial charge in [-0.1, -0.05) is 6.92 Å². The van der Waals surface area contributed by atoms with E-state index in [-0.39, 0.29) is 11.9 Å². The molecule has 0 fully saturated rings. The molecule has 0 radical (unpaired) electrons. The lowest BCUT2D eigenvalue weighted by atomic mass is 10.1. The molecule has 0 aromatic heterocycles. The predicted molar refractivity (Wildman–Crippen MR) is 33.1 cm³/mol. The molecule has 3 heteroatoms. The fourth-order valence-corrected chi connectivity index (χ4v) is 0.577. The van der Waals surface area contributed by atoms with Gasteiger partial charge in [-0.3, -0.25) is 10.1 Å². The minimum atomic E-state index is -0.317. The first-order valence-electron chi connectivity index (χ1n) is 3.00. The van der Waals surface area contributed by atoms with Crippen molar-refractivity contribution in [1.29, 1.82) is 0 Å². The van der Waals surface area contributed by atoms with Crippen LogP contribution < -0.4 is 0 Å². The highest BCUT2D eigenvalue weighted by atomic mass is 17.1. The highest BCUT2D eigenvalue weighted by Crippen LogP contribution is 2.01. The Labute approximate surface area is 54.6 Å². The van der Waals surface area contributed by atoms with Gasteiger partial charge in [0, 0.05) is 6.42 Å². The van der Waals surface area contributed by atoms with Gasteiger partial charge < -0.3 is 0 Å². The Morgan fingerprint density at radius 1 is 1.78 bits per heavy atom. The van der Waals surface area contributed by atoms with Crippen LogP contribution in [0.1, 0.15) is 26.7 Å². The standard InChI is InChI=1S/C6H12O3/c1-3-6(9-8)4-5(2)7/h6,8H,3-4H2,1-2H3. The number of Topliss-reactive ketones (excluding diaryl/α,β-unsaturated/α-hetero) is 1. The van der Waals surface area contributed by atoms with Crippen LogP contribution in [0, 0.1) is 0 Å². The van der Waals surface area contributed by atoms with Gasteiger partial charge in [0.05, 0.1) is 6.10 Å². The van der Waals surface area contributed by atoms with E-state index in [0.29, 0.717) is 12.8 Å². The van der Waals surface area contributed by atoms with E-state index in [0.717, 1.165) is 0 Å². The summed E-state index contributed by atoms with van der Waals surface area (Å²) in [6, 6.07) is 0. The number of ketones is 1. The Morgan fingerprint density at radius 2 is 2.33 bits per heavy atom. The third kappa shape index (κ3) is 4.12. The van der Waals surface area contributed by atoms with Crippen molar-refractivity contribution in [2.24, 2.45) is 0 Å². The van der Waals surface area contributed by atoms with Crippen LogP contribution in [0.15, 0.2) is 0 Å². The molecular weight excluding hydrogens is 120 g/mol. The Kier molecular flexibility index (Phi) is 4.26. The molecular formula is C6H12O3. The van der Waals surface area contributed by atoms with Crippen molar-refractivity contribution in [3.05, 3.63) is 0 Å². The van der Waals surface area contributed by atoms with Crippen molar-refractivity contribution in [2.75, 3.05) is 0 Å². The van der Waals surface area contributed by atoms with E-state index in [1.165, 1.54) is 6.92 Å². The molecule has 0 rings (SSSR count). The van der Waals surface area contributed by atoms with Crippen molar-refractivity contribution < 1.29 is 14.9 Å². The van der Waals surface area contributed by atoms with Crippen LogP contribution in [0.3, 0.4) is 0 Å². The van der Waals surface area contributed by atoms with E-state index in [2.05, 4.69) is 4.89 Å². The summed E-state index contributed by atoms with van der Waals surface area (Å²) in [4.78, 5) is 14.4. The van der Waals surface area contributed by atoms with Crippen LogP contribution >= 0.6 is 0 Å². The number of rotatable bonds is 4. The lowest BCUT2D eigenvalue weighted by Gasteiger charge is -2.06. The summed E-state index contributed by atoms with van der Waals surface area (Å²) in [5.74, 6) is 0.0379. The molecule has 0 heterocycles. The van der Waals surface area contributed by atoms with Gasteiger partial charge in [-0.15, -0.1) is 0 Å². The van der Waals surface area contributed by atoms with Gasteiger partial charge in [0.25, 0.3) is 0 Å². The smallest absolute Gasteiger partial charge is 0.132 e. The normalized spacial score (nSPS) is 13.2. The van der Waals surface area contributed by atoms with E-state index in [1.807, 2.05) is 6.92 Å².